The van der Waals surface area contributed by atoms with E-state index in [-0.39, 0.29) is 11.3 Å². The van der Waals surface area contributed by atoms with E-state index in [1.54, 1.807) is 19.2 Å². The maximum Gasteiger partial charge on any atom is 0.252 e. The number of hydrogen-bond acceptors (Lipinski definition) is 5. The molecule has 180 valence electrons. The van der Waals surface area contributed by atoms with Gasteiger partial charge in [0.05, 0.1) is 12.7 Å². The van der Waals surface area contributed by atoms with Crippen LogP contribution in [0.4, 0.5) is 0 Å². The van der Waals surface area contributed by atoms with Crippen molar-refractivity contribution in [3.05, 3.63) is 89.2 Å². The molecule has 0 spiro atoms. The van der Waals surface area contributed by atoms with Gasteiger partial charge < -0.3 is 20.1 Å². The first-order chi connectivity index (χ1) is 17.0. The number of nitrogens with two attached hydrogens (primary N) is 1. The standard InChI is InChI=1S/C28H30N4O3/c1-35-22-4-2-3-19(15-22)17-31-12-8-21(9-13-31)23-7-11-30-28-24(23)10-14-32(28)18-20-5-6-25(27(29)34)26(33)16-20/h2-7,10-11,14-16,21,33H,8-9,12-13,17-18H2,1H3,(H2,29,34). The number of aromatic nitrogens is 2. The molecule has 0 aliphatic carbocycles. The van der Waals surface area contributed by atoms with Gasteiger partial charge in [-0.3, -0.25) is 9.69 Å². The fourth-order valence-electron chi connectivity index (χ4n) is 5.11. The summed E-state index contributed by atoms with van der Waals surface area (Å²) in [4.78, 5) is 18.6. The predicted octanol–water partition coefficient (Wildman–Crippen LogP) is 4.28. The van der Waals surface area contributed by atoms with Crippen LogP contribution in [-0.4, -0.2) is 45.7 Å². The van der Waals surface area contributed by atoms with Crippen molar-refractivity contribution in [3.63, 3.8) is 0 Å². The molecule has 2 aromatic carbocycles. The van der Waals surface area contributed by atoms with E-state index in [1.807, 2.05) is 30.6 Å². The van der Waals surface area contributed by atoms with Gasteiger partial charge in [0.25, 0.3) is 5.91 Å². The average molecular weight is 471 g/mol. The average Bonchev–Trinajstić information content (AvgIpc) is 3.27. The van der Waals surface area contributed by atoms with E-state index in [9.17, 15) is 9.90 Å². The lowest BCUT2D eigenvalue weighted by molar-refractivity contribution is 0.0997. The van der Waals surface area contributed by atoms with E-state index in [0.717, 1.165) is 49.4 Å². The predicted molar refractivity (Wildman–Crippen MR) is 136 cm³/mol. The smallest absolute Gasteiger partial charge is 0.252 e. The minimum atomic E-state index is -0.638. The second-order valence-corrected chi connectivity index (χ2v) is 9.20. The van der Waals surface area contributed by atoms with Crippen molar-refractivity contribution in [1.29, 1.82) is 0 Å². The highest BCUT2D eigenvalue weighted by Gasteiger charge is 2.23. The quantitative estimate of drug-likeness (QED) is 0.421. The maximum absolute atomic E-state index is 11.4. The van der Waals surface area contributed by atoms with Gasteiger partial charge in [0, 0.05) is 30.9 Å². The molecule has 0 bridgehead atoms. The Bertz CT molecular complexity index is 1360. The zero-order chi connectivity index (χ0) is 24.4. The molecule has 0 atom stereocenters. The molecule has 7 heteroatoms. The van der Waals surface area contributed by atoms with Gasteiger partial charge in [-0.1, -0.05) is 18.2 Å². The van der Waals surface area contributed by atoms with Gasteiger partial charge >= 0.3 is 0 Å². The lowest BCUT2D eigenvalue weighted by atomic mass is 9.88. The summed E-state index contributed by atoms with van der Waals surface area (Å²) in [5.41, 5.74) is 9.86. The molecule has 0 saturated carbocycles. The summed E-state index contributed by atoms with van der Waals surface area (Å²) < 4.78 is 7.44. The zero-order valence-corrected chi connectivity index (χ0v) is 19.9. The van der Waals surface area contributed by atoms with Gasteiger partial charge in [-0.2, -0.15) is 0 Å². The van der Waals surface area contributed by atoms with Crippen LogP contribution in [0.5, 0.6) is 11.5 Å². The van der Waals surface area contributed by atoms with Crippen LogP contribution in [0.2, 0.25) is 0 Å². The molecule has 2 aromatic heterocycles. The normalized spacial score (nSPS) is 14.9. The number of methoxy groups -OCH3 is 1. The minimum Gasteiger partial charge on any atom is -0.507 e. The van der Waals surface area contributed by atoms with Gasteiger partial charge in [-0.15, -0.1) is 0 Å². The Labute approximate surface area is 204 Å². The molecule has 3 heterocycles. The number of fused-ring (bicyclic) bond motifs is 1. The number of rotatable bonds is 7. The highest BCUT2D eigenvalue weighted by Crippen LogP contribution is 2.33. The van der Waals surface area contributed by atoms with Crippen molar-refractivity contribution in [3.8, 4) is 11.5 Å². The van der Waals surface area contributed by atoms with Crippen LogP contribution in [0, 0.1) is 0 Å². The molecular formula is C28H30N4O3. The van der Waals surface area contributed by atoms with Crippen LogP contribution in [0.15, 0.2) is 67.0 Å². The molecule has 1 saturated heterocycles. The molecule has 3 N–H and O–H groups in total. The Morgan fingerprint density at radius 1 is 1.09 bits per heavy atom. The number of primary amides is 1. The van der Waals surface area contributed by atoms with E-state index >= 15 is 0 Å². The fourth-order valence-corrected chi connectivity index (χ4v) is 5.11. The Morgan fingerprint density at radius 3 is 2.63 bits per heavy atom. The SMILES string of the molecule is COc1cccc(CN2CCC(c3ccnc4c3ccn4Cc3ccc(C(N)=O)c(O)c3)CC2)c1. The number of hydrogen-bond donors (Lipinski definition) is 2. The van der Waals surface area contributed by atoms with Crippen molar-refractivity contribution in [2.24, 2.45) is 5.73 Å². The summed E-state index contributed by atoms with van der Waals surface area (Å²) in [6, 6.07) is 17.6. The van der Waals surface area contributed by atoms with Crippen LogP contribution in [0.1, 0.15) is 45.8 Å². The third-order valence-corrected chi connectivity index (χ3v) is 6.94. The number of carbonyl (C=O) groups is 1. The number of likely N-dealkylation sites (tertiary alicyclic amines) is 1. The number of ether oxygens (including phenoxy) is 1. The monoisotopic (exact) mass is 470 g/mol. The van der Waals surface area contributed by atoms with E-state index in [4.69, 9.17) is 10.5 Å². The molecule has 0 radical (unpaired) electrons. The highest BCUT2D eigenvalue weighted by atomic mass is 16.5. The number of benzene rings is 2. The molecule has 1 aliphatic heterocycles. The van der Waals surface area contributed by atoms with Crippen LogP contribution in [-0.2, 0) is 13.1 Å². The van der Waals surface area contributed by atoms with Crippen LogP contribution in [0.25, 0.3) is 11.0 Å². The molecule has 1 amide bonds. The number of amides is 1. The third kappa shape index (κ3) is 4.86. The van der Waals surface area contributed by atoms with Gasteiger partial charge in [0.1, 0.15) is 17.1 Å². The van der Waals surface area contributed by atoms with Crippen molar-refractivity contribution >= 4 is 16.9 Å². The molecule has 1 fully saturated rings. The van der Waals surface area contributed by atoms with Crippen molar-refractivity contribution < 1.29 is 14.6 Å². The second-order valence-electron chi connectivity index (χ2n) is 9.20. The largest absolute Gasteiger partial charge is 0.507 e. The Kier molecular flexibility index (Phi) is 6.42. The second kappa shape index (κ2) is 9.80. The summed E-state index contributed by atoms with van der Waals surface area (Å²) in [7, 11) is 1.71. The molecule has 4 aromatic rings. The lowest BCUT2D eigenvalue weighted by Gasteiger charge is -2.32. The number of piperidine rings is 1. The molecule has 1 aliphatic rings. The summed E-state index contributed by atoms with van der Waals surface area (Å²) >= 11 is 0. The number of pyridine rings is 1. The molecule has 5 rings (SSSR count). The molecular weight excluding hydrogens is 440 g/mol. The first kappa shape index (κ1) is 22.9. The zero-order valence-electron chi connectivity index (χ0n) is 19.9. The summed E-state index contributed by atoms with van der Waals surface area (Å²) in [6.45, 7) is 3.59. The molecule has 0 unspecified atom stereocenters. The number of phenols is 1. The van der Waals surface area contributed by atoms with Crippen LogP contribution >= 0.6 is 0 Å². The lowest BCUT2D eigenvalue weighted by Crippen LogP contribution is -2.32. The summed E-state index contributed by atoms with van der Waals surface area (Å²) in [5.74, 6) is 0.666. The summed E-state index contributed by atoms with van der Waals surface area (Å²) in [6.07, 6.45) is 6.15. The van der Waals surface area contributed by atoms with Gasteiger partial charge in [-0.25, -0.2) is 4.98 Å². The molecule has 7 nitrogen and oxygen atoms in total. The van der Waals surface area contributed by atoms with E-state index in [1.165, 1.54) is 16.5 Å². The van der Waals surface area contributed by atoms with Gasteiger partial charge in [0.2, 0.25) is 0 Å². The fraction of sp³-hybridized carbons (Fsp3) is 0.286. The first-order valence-electron chi connectivity index (χ1n) is 11.9. The summed E-state index contributed by atoms with van der Waals surface area (Å²) in [5, 5.41) is 11.3. The topological polar surface area (TPSA) is 93.6 Å². The Balaban J connectivity index is 1.29. The first-order valence-corrected chi connectivity index (χ1v) is 11.9. The highest BCUT2D eigenvalue weighted by molar-refractivity contribution is 5.95. The molecule has 35 heavy (non-hydrogen) atoms. The van der Waals surface area contributed by atoms with E-state index < -0.39 is 5.91 Å². The van der Waals surface area contributed by atoms with Crippen LogP contribution < -0.4 is 10.5 Å². The number of aromatic hydroxyl groups is 1. The van der Waals surface area contributed by atoms with Crippen molar-refractivity contribution in [1.82, 2.24) is 14.5 Å². The van der Waals surface area contributed by atoms with Crippen molar-refractivity contribution in [2.45, 2.75) is 31.8 Å². The van der Waals surface area contributed by atoms with Crippen LogP contribution in [0.3, 0.4) is 0 Å². The Hall–Kier alpha value is -3.84. The third-order valence-electron chi connectivity index (χ3n) is 6.94. The van der Waals surface area contributed by atoms with Crippen molar-refractivity contribution in [2.75, 3.05) is 20.2 Å². The maximum atomic E-state index is 11.4. The van der Waals surface area contributed by atoms with E-state index in [0.29, 0.717) is 12.5 Å². The van der Waals surface area contributed by atoms with Gasteiger partial charge in [-0.05, 0) is 84.9 Å². The van der Waals surface area contributed by atoms with Gasteiger partial charge in [0.15, 0.2) is 0 Å². The number of nitrogens with zero attached hydrogens (tertiary/aromatic N) is 3. The minimum absolute atomic E-state index is 0.0965. The Morgan fingerprint density at radius 2 is 1.89 bits per heavy atom. The van der Waals surface area contributed by atoms with E-state index in [2.05, 4.69) is 38.7 Å². The number of carbonyl (C=O) groups excluding carboxylic acids is 1.